The Hall–Kier alpha value is -0.0500. The van der Waals surface area contributed by atoms with Crippen LogP contribution in [0.3, 0.4) is 0 Å². The van der Waals surface area contributed by atoms with Crippen molar-refractivity contribution in [3.63, 3.8) is 0 Å². The van der Waals surface area contributed by atoms with E-state index < -0.39 is 9.84 Å². The molecule has 2 nitrogen and oxygen atoms in total. The van der Waals surface area contributed by atoms with E-state index in [0.717, 1.165) is 12.8 Å². The molecule has 0 aromatic heterocycles. The summed E-state index contributed by atoms with van der Waals surface area (Å²) in [5.74, 6) is 1.19. The molecule has 0 aromatic rings. The van der Waals surface area contributed by atoms with Crippen molar-refractivity contribution in [2.24, 2.45) is 17.3 Å². The van der Waals surface area contributed by atoms with Crippen molar-refractivity contribution < 1.29 is 8.42 Å². The molecule has 2 aliphatic heterocycles. The van der Waals surface area contributed by atoms with Gasteiger partial charge in [0.2, 0.25) is 0 Å². The molecule has 4 unspecified atom stereocenters. The Morgan fingerprint density at radius 2 is 1.85 bits per heavy atom. The smallest absolute Gasteiger partial charge is 0.156 e. The van der Waals surface area contributed by atoms with Gasteiger partial charge in [0.15, 0.2) is 9.84 Å². The maximum absolute atomic E-state index is 12.0. The Morgan fingerprint density at radius 3 is 2.46 bits per heavy atom. The van der Waals surface area contributed by atoms with Crippen molar-refractivity contribution >= 4 is 9.84 Å². The van der Waals surface area contributed by atoms with Gasteiger partial charge in [0.05, 0.1) is 10.5 Å². The molecule has 4 atom stereocenters. The Morgan fingerprint density at radius 1 is 1.15 bits per heavy atom. The van der Waals surface area contributed by atoms with Gasteiger partial charge in [-0.1, -0.05) is 13.8 Å². The SMILES string of the molecule is CC1(C)C2CC3CC(C2)S(=O)(=O)C31. The second kappa shape index (κ2) is 1.97. The summed E-state index contributed by atoms with van der Waals surface area (Å²) in [7, 11) is -2.74. The maximum Gasteiger partial charge on any atom is 0.156 e. The van der Waals surface area contributed by atoms with E-state index in [2.05, 4.69) is 13.8 Å². The van der Waals surface area contributed by atoms with Crippen LogP contribution in [0.2, 0.25) is 0 Å². The lowest BCUT2D eigenvalue weighted by molar-refractivity contribution is 0.229. The zero-order valence-electron chi connectivity index (χ0n) is 8.16. The van der Waals surface area contributed by atoms with Gasteiger partial charge in [-0.25, -0.2) is 8.42 Å². The van der Waals surface area contributed by atoms with Crippen LogP contribution in [0.25, 0.3) is 0 Å². The van der Waals surface area contributed by atoms with Gasteiger partial charge in [-0.3, -0.25) is 0 Å². The molecular formula is C10H16O2S. The second-order valence-corrected chi connectivity index (χ2v) is 7.97. The highest BCUT2D eigenvalue weighted by Crippen LogP contribution is 2.63. The van der Waals surface area contributed by atoms with E-state index in [1.165, 1.54) is 6.42 Å². The molecule has 0 spiro atoms. The van der Waals surface area contributed by atoms with Crippen molar-refractivity contribution in [1.29, 1.82) is 0 Å². The van der Waals surface area contributed by atoms with E-state index >= 15 is 0 Å². The minimum absolute atomic E-state index is 0.00347. The lowest BCUT2D eigenvalue weighted by atomic mass is 9.78. The van der Waals surface area contributed by atoms with Gasteiger partial charge in [0, 0.05) is 0 Å². The molecule has 0 aromatic carbocycles. The number of rotatable bonds is 0. The molecule has 74 valence electrons. The minimum Gasteiger partial charge on any atom is -0.228 e. The van der Waals surface area contributed by atoms with Gasteiger partial charge in [-0.15, -0.1) is 0 Å². The van der Waals surface area contributed by atoms with Crippen molar-refractivity contribution in [2.75, 3.05) is 0 Å². The predicted octanol–water partition coefficient (Wildman–Crippen LogP) is 1.61. The lowest BCUT2D eigenvalue weighted by Gasteiger charge is -2.38. The van der Waals surface area contributed by atoms with E-state index in [9.17, 15) is 8.42 Å². The first-order chi connectivity index (χ1) is 5.94. The summed E-state index contributed by atoms with van der Waals surface area (Å²) in [5, 5.41) is 0.0398. The van der Waals surface area contributed by atoms with Gasteiger partial charge in [0.1, 0.15) is 0 Å². The van der Waals surface area contributed by atoms with Crippen LogP contribution in [0.15, 0.2) is 0 Å². The zero-order valence-corrected chi connectivity index (χ0v) is 8.97. The molecule has 2 aliphatic carbocycles. The number of sulfone groups is 1. The highest BCUT2D eigenvalue weighted by atomic mass is 32.2. The topological polar surface area (TPSA) is 34.1 Å². The normalized spacial score (nSPS) is 54.3. The van der Waals surface area contributed by atoms with Gasteiger partial charge in [-0.05, 0) is 36.5 Å². The Balaban J connectivity index is 2.21. The molecule has 0 amide bonds. The summed E-state index contributed by atoms with van der Waals surface area (Å²) in [5.41, 5.74) is 0.0660. The van der Waals surface area contributed by atoms with Crippen LogP contribution in [-0.2, 0) is 9.84 Å². The van der Waals surface area contributed by atoms with Crippen molar-refractivity contribution in [3.8, 4) is 0 Å². The fourth-order valence-corrected chi connectivity index (χ4v) is 7.40. The molecule has 4 rings (SSSR count). The molecule has 4 bridgehead atoms. The quantitative estimate of drug-likeness (QED) is 0.595. The number of hydrogen-bond donors (Lipinski definition) is 0. The van der Waals surface area contributed by atoms with Crippen molar-refractivity contribution in [1.82, 2.24) is 0 Å². The molecule has 13 heavy (non-hydrogen) atoms. The monoisotopic (exact) mass is 200 g/mol. The standard InChI is InChI=1S/C10H16O2S/c1-10(2)7-3-6-4-8(5-7)13(11,12)9(6)10/h6-9H,3-5H2,1-2H3. The van der Waals surface area contributed by atoms with Crippen LogP contribution >= 0.6 is 0 Å². The molecule has 2 saturated heterocycles. The molecule has 2 saturated carbocycles. The Labute approximate surface area is 79.6 Å². The molecular weight excluding hydrogens is 184 g/mol. The fourth-order valence-electron chi connectivity index (χ4n) is 4.17. The van der Waals surface area contributed by atoms with Crippen LogP contribution in [0.4, 0.5) is 0 Å². The summed E-state index contributed by atoms with van der Waals surface area (Å²) in [6, 6.07) is 0. The van der Waals surface area contributed by atoms with E-state index in [4.69, 9.17) is 0 Å². The van der Waals surface area contributed by atoms with Crippen LogP contribution in [0.5, 0.6) is 0 Å². The third kappa shape index (κ3) is 0.741. The number of hydrogen-bond acceptors (Lipinski definition) is 2. The van der Waals surface area contributed by atoms with Crippen LogP contribution in [-0.4, -0.2) is 18.9 Å². The first kappa shape index (κ1) is 8.27. The molecule has 4 fully saturated rings. The summed E-state index contributed by atoms with van der Waals surface area (Å²) in [4.78, 5) is 0. The largest absolute Gasteiger partial charge is 0.228 e. The molecule has 2 heterocycles. The predicted molar refractivity (Wildman–Crippen MR) is 51.1 cm³/mol. The van der Waals surface area contributed by atoms with Gasteiger partial charge in [0.25, 0.3) is 0 Å². The molecule has 0 radical (unpaired) electrons. The fraction of sp³-hybridized carbons (Fsp3) is 1.00. The van der Waals surface area contributed by atoms with E-state index in [0.29, 0.717) is 11.8 Å². The van der Waals surface area contributed by atoms with Gasteiger partial charge in [-0.2, -0.15) is 0 Å². The molecule has 3 heteroatoms. The van der Waals surface area contributed by atoms with E-state index in [-0.39, 0.29) is 15.9 Å². The van der Waals surface area contributed by atoms with Gasteiger partial charge >= 0.3 is 0 Å². The second-order valence-electron chi connectivity index (χ2n) is 5.62. The third-order valence-corrected chi connectivity index (χ3v) is 7.75. The van der Waals surface area contributed by atoms with Crippen molar-refractivity contribution in [3.05, 3.63) is 0 Å². The van der Waals surface area contributed by atoms with E-state index in [1.807, 2.05) is 0 Å². The molecule has 4 aliphatic rings. The van der Waals surface area contributed by atoms with Crippen molar-refractivity contribution in [2.45, 2.75) is 43.6 Å². The highest BCUT2D eigenvalue weighted by molar-refractivity contribution is 7.93. The first-order valence-electron chi connectivity index (χ1n) is 5.16. The first-order valence-corrected chi connectivity index (χ1v) is 6.77. The molecule has 0 N–H and O–H groups in total. The minimum atomic E-state index is -2.74. The maximum atomic E-state index is 12.0. The Bertz CT molecular complexity index is 355. The summed E-state index contributed by atoms with van der Waals surface area (Å²) < 4.78 is 24.1. The van der Waals surface area contributed by atoms with Crippen LogP contribution < -0.4 is 0 Å². The summed E-state index contributed by atoms with van der Waals surface area (Å²) in [6.07, 6.45) is 3.09. The van der Waals surface area contributed by atoms with E-state index in [1.54, 1.807) is 0 Å². The summed E-state index contributed by atoms with van der Waals surface area (Å²) >= 11 is 0. The average Bonchev–Trinajstić information content (AvgIpc) is 2.28. The summed E-state index contributed by atoms with van der Waals surface area (Å²) in [6.45, 7) is 4.31. The average molecular weight is 200 g/mol. The van der Waals surface area contributed by atoms with Gasteiger partial charge < -0.3 is 0 Å². The highest BCUT2D eigenvalue weighted by Gasteiger charge is 2.66. The third-order valence-electron chi connectivity index (χ3n) is 4.73. The zero-order chi connectivity index (χ0) is 9.43. The van der Waals surface area contributed by atoms with Crippen LogP contribution in [0.1, 0.15) is 33.1 Å². The Kier molecular flexibility index (Phi) is 1.26. The lowest BCUT2D eigenvalue weighted by Crippen LogP contribution is -2.43. The van der Waals surface area contributed by atoms with Crippen LogP contribution in [0, 0.1) is 17.3 Å².